The molecule has 1 heterocycles. The van der Waals surface area contributed by atoms with Gasteiger partial charge < -0.3 is 4.74 Å². The van der Waals surface area contributed by atoms with E-state index in [-0.39, 0.29) is 27.6 Å². The number of sulfonamides is 1. The van der Waals surface area contributed by atoms with Gasteiger partial charge in [-0.3, -0.25) is 13.9 Å². The molecule has 0 radical (unpaired) electrons. The largest absolute Gasteiger partial charge is 0.494 e. The fourth-order valence-electron chi connectivity index (χ4n) is 2.76. The molecule has 0 unspecified atom stereocenters. The zero-order chi connectivity index (χ0) is 19.2. The van der Waals surface area contributed by atoms with E-state index in [9.17, 15) is 17.6 Å². The molecule has 138 valence electrons. The Kier molecular flexibility index (Phi) is 4.27. The standard InChI is InChI=1S/C17H18FN3O4S/c1-10-7-11(5-6-12(10)18)26(23,24)19-13-8-14-15(9-16(13)25-4)21(3)17(22)20(14)2/h5-9,19H,1-4H3. The van der Waals surface area contributed by atoms with Crippen molar-refractivity contribution in [2.45, 2.75) is 11.8 Å². The summed E-state index contributed by atoms with van der Waals surface area (Å²) in [4.78, 5) is 12.0. The summed E-state index contributed by atoms with van der Waals surface area (Å²) in [7, 11) is 0.660. The minimum Gasteiger partial charge on any atom is -0.494 e. The summed E-state index contributed by atoms with van der Waals surface area (Å²) >= 11 is 0. The van der Waals surface area contributed by atoms with Crippen molar-refractivity contribution < 1.29 is 17.5 Å². The summed E-state index contributed by atoms with van der Waals surface area (Å²) in [5.41, 5.74) is 1.32. The quantitative estimate of drug-likeness (QED) is 0.753. The first-order valence-electron chi connectivity index (χ1n) is 7.68. The Hall–Kier alpha value is -2.81. The lowest BCUT2D eigenvalue weighted by molar-refractivity contribution is 0.417. The third-order valence-electron chi connectivity index (χ3n) is 4.28. The first-order chi connectivity index (χ1) is 12.2. The summed E-state index contributed by atoms with van der Waals surface area (Å²) in [5, 5.41) is 0. The highest BCUT2D eigenvalue weighted by Gasteiger charge is 2.20. The van der Waals surface area contributed by atoms with Crippen molar-refractivity contribution >= 4 is 26.7 Å². The van der Waals surface area contributed by atoms with E-state index in [0.29, 0.717) is 11.0 Å². The van der Waals surface area contributed by atoms with Gasteiger partial charge in [0.05, 0.1) is 28.7 Å². The zero-order valence-electron chi connectivity index (χ0n) is 14.7. The van der Waals surface area contributed by atoms with Crippen LogP contribution in [0.4, 0.5) is 10.1 Å². The van der Waals surface area contributed by atoms with Gasteiger partial charge in [-0.25, -0.2) is 17.6 Å². The van der Waals surface area contributed by atoms with Gasteiger partial charge in [0.1, 0.15) is 11.6 Å². The predicted octanol–water partition coefficient (Wildman–Crippen LogP) is 2.13. The molecule has 0 atom stereocenters. The normalized spacial score (nSPS) is 11.7. The number of anilines is 1. The fourth-order valence-corrected chi connectivity index (χ4v) is 3.91. The lowest BCUT2D eigenvalue weighted by Gasteiger charge is -2.13. The van der Waals surface area contributed by atoms with Crippen molar-refractivity contribution in [3.8, 4) is 5.75 Å². The van der Waals surface area contributed by atoms with E-state index in [4.69, 9.17) is 4.74 Å². The van der Waals surface area contributed by atoms with Crippen LogP contribution in [0.5, 0.6) is 5.75 Å². The van der Waals surface area contributed by atoms with Crippen LogP contribution in [0.15, 0.2) is 40.0 Å². The summed E-state index contributed by atoms with van der Waals surface area (Å²) in [5.74, 6) is -0.219. The molecular weight excluding hydrogens is 361 g/mol. The van der Waals surface area contributed by atoms with Gasteiger partial charge in [-0.2, -0.15) is 0 Å². The van der Waals surface area contributed by atoms with Gasteiger partial charge in [-0.15, -0.1) is 0 Å². The van der Waals surface area contributed by atoms with Gasteiger partial charge in [0, 0.05) is 20.2 Å². The van der Waals surface area contributed by atoms with Crippen molar-refractivity contribution in [1.29, 1.82) is 0 Å². The van der Waals surface area contributed by atoms with Crippen molar-refractivity contribution in [1.82, 2.24) is 9.13 Å². The van der Waals surface area contributed by atoms with E-state index in [1.54, 1.807) is 20.2 Å². The number of methoxy groups -OCH3 is 1. The number of rotatable bonds is 4. The highest BCUT2D eigenvalue weighted by Crippen LogP contribution is 2.31. The number of fused-ring (bicyclic) bond motifs is 1. The molecule has 0 fully saturated rings. The molecule has 0 aliphatic heterocycles. The van der Waals surface area contributed by atoms with Crippen molar-refractivity contribution in [2.75, 3.05) is 11.8 Å². The van der Waals surface area contributed by atoms with Gasteiger partial charge in [-0.05, 0) is 36.8 Å². The van der Waals surface area contributed by atoms with E-state index in [2.05, 4.69) is 4.72 Å². The van der Waals surface area contributed by atoms with Gasteiger partial charge in [-0.1, -0.05) is 0 Å². The number of halogens is 1. The second-order valence-corrected chi connectivity index (χ2v) is 7.64. The average Bonchev–Trinajstić information content (AvgIpc) is 2.80. The lowest BCUT2D eigenvalue weighted by atomic mass is 10.2. The second kappa shape index (κ2) is 6.17. The number of hydrogen-bond acceptors (Lipinski definition) is 4. The van der Waals surface area contributed by atoms with Crippen molar-refractivity contribution in [2.24, 2.45) is 14.1 Å². The maximum absolute atomic E-state index is 13.4. The Bertz CT molecular complexity index is 1180. The molecule has 0 amide bonds. The van der Waals surface area contributed by atoms with Crippen LogP contribution in [0.25, 0.3) is 11.0 Å². The molecule has 0 bridgehead atoms. The predicted molar refractivity (Wildman–Crippen MR) is 96.7 cm³/mol. The molecule has 0 aliphatic rings. The Morgan fingerprint density at radius 3 is 2.27 bits per heavy atom. The van der Waals surface area contributed by atoms with E-state index < -0.39 is 15.8 Å². The third kappa shape index (κ3) is 2.84. The average molecular weight is 379 g/mol. The van der Waals surface area contributed by atoms with Gasteiger partial charge in [0.15, 0.2) is 0 Å². The molecule has 26 heavy (non-hydrogen) atoms. The highest BCUT2D eigenvalue weighted by atomic mass is 32.2. The molecular formula is C17H18FN3O4S. The van der Waals surface area contributed by atoms with Crippen LogP contribution in [0.3, 0.4) is 0 Å². The number of hydrogen-bond donors (Lipinski definition) is 1. The monoisotopic (exact) mass is 379 g/mol. The summed E-state index contributed by atoms with van der Waals surface area (Å²) < 4.78 is 49.3. The zero-order valence-corrected chi connectivity index (χ0v) is 15.5. The van der Waals surface area contributed by atoms with Crippen LogP contribution < -0.4 is 15.1 Å². The molecule has 0 aliphatic carbocycles. The van der Waals surface area contributed by atoms with Crippen LogP contribution in [0.1, 0.15) is 5.56 Å². The number of nitrogens with zero attached hydrogens (tertiary/aromatic N) is 2. The summed E-state index contributed by atoms with van der Waals surface area (Å²) in [6.07, 6.45) is 0. The summed E-state index contributed by atoms with van der Waals surface area (Å²) in [6, 6.07) is 6.66. The van der Waals surface area contributed by atoms with Crippen molar-refractivity contribution in [3.05, 3.63) is 52.2 Å². The van der Waals surface area contributed by atoms with E-state index in [1.165, 1.54) is 41.4 Å². The Morgan fingerprint density at radius 1 is 1.08 bits per heavy atom. The third-order valence-corrected chi connectivity index (χ3v) is 5.64. The van der Waals surface area contributed by atoms with E-state index in [1.807, 2.05) is 0 Å². The molecule has 2 aromatic carbocycles. The summed E-state index contributed by atoms with van der Waals surface area (Å²) in [6.45, 7) is 1.49. The smallest absolute Gasteiger partial charge is 0.328 e. The number of benzene rings is 2. The highest BCUT2D eigenvalue weighted by molar-refractivity contribution is 7.92. The molecule has 0 spiro atoms. The van der Waals surface area contributed by atoms with Crippen LogP contribution >= 0.6 is 0 Å². The molecule has 3 rings (SSSR count). The maximum atomic E-state index is 13.4. The fraction of sp³-hybridized carbons (Fsp3) is 0.235. The van der Waals surface area contributed by atoms with Gasteiger partial charge in [0.25, 0.3) is 10.0 Å². The molecule has 3 aromatic rings. The number of aryl methyl sites for hydroxylation is 3. The maximum Gasteiger partial charge on any atom is 0.328 e. The molecule has 0 saturated carbocycles. The first-order valence-corrected chi connectivity index (χ1v) is 9.16. The van der Waals surface area contributed by atoms with Crippen LogP contribution in [0, 0.1) is 12.7 Å². The minimum absolute atomic E-state index is 0.0690. The number of imidazole rings is 1. The molecule has 0 saturated heterocycles. The van der Waals surface area contributed by atoms with Crippen LogP contribution in [-0.2, 0) is 24.1 Å². The van der Waals surface area contributed by atoms with Gasteiger partial charge >= 0.3 is 5.69 Å². The van der Waals surface area contributed by atoms with Crippen LogP contribution in [-0.4, -0.2) is 24.7 Å². The molecule has 1 N–H and O–H groups in total. The SMILES string of the molecule is COc1cc2c(cc1NS(=O)(=O)c1ccc(F)c(C)c1)n(C)c(=O)n2C. The second-order valence-electron chi connectivity index (χ2n) is 5.96. The molecule has 9 heteroatoms. The topological polar surface area (TPSA) is 82.3 Å². The van der Waals surface area contributed by atoms with E-state index >= 15 is 0 Å². The van der Waals surface area contributed by atoms with Crippen LogP contribution in [0.2, 0.25) is 0 Å². The van der Waals surface area contributed by atoms with Crippen molar-refractivity contribution in [3.63, 3.8) is 0 Å². The Balaban J connectivity index is 2.14. The minimum atomic E-state index is -3.96. The number of aromatic nitrogens is 2. The molecule has 7 nitrogen and oxygen atoms in total. The Labute approximate surface area is 149 Å². The first kappa shape index (κ1) is 18.0. The molecule has 1 aromatic heterocycles. The number of ether oxygens (including phenoxy) is 1. The van der Waals surface area contributed by atoms with E-state index in [0.717, 1.165) is 6.07 Å². The lowest BCUT2D eigenvalue weighted by Crippen LogP contribution is -2.19. The van der Waals surface area contributed by atoms with Gasteiger partial charge in [0.2, 0.25) is 0 Å². The number of nitrogens with one attached hydrogen (secondary N) is 1. The Morgan fingerprint density at radius 2 is 1.69 bits per heavy atom.